The summed E-state index contributed by atoms with van der Waals surface area (Å²) in [6.07, 6.45) is 1.04. The third kappa shape index (κ3) is 5.40. The third-order valence-corrected chi connectivity index (χ3v) is 6.29. The molecule has 0 atom stereocenters. The molecule has 8 heteroatoms. The minimum atomic E-state index is -0.125. The molecule has 0 saturated heterocycles. The van der Waals surface area contributed by atoms with Crippen LogP contribution in [0.4, 0.5) is 5.69 Å². The SMILES string of the molecule is N#CCc1ccc(NC(=O)CSc2nnc(Cc3cccs3)n2-c2ccccc2)cc1. The fourth-order valence-electron chi connectivity index (χ4n) is 3.04. The highest BCUT2D eigenvalue weighted by molar-refractivity contribution is 7.99. The number of carbonyl (C=O) groups is 1. The van der Waals surface area contributed by atoms with Gasteiger partial charge >= 0.3 is 0 Å². The lowest BCUT2D eigenvalue weighted by Crippen LogP contribution is -2.14. The summed E-state index contributed by atoms with van der Waals surface area (Å²) in [6.45, 7) is 0. The van der Waals surface area contributed by atoms with E-state index < -0.39 is 0 Å². The smallest absolute Gasteiger partial charge is 0.234 e. The van der Waals surface area contributed by atoms with Crippen LogP contribution in [0.2, 0.25) is 0 Å². The van der Waals surface area contributed by atoms with Gasteiger partial charge in [0.2, 0.25) is 5.91 Å². The number of aromatic nitrogens is 3. The molecule has 4 aromatic rings. The van der Waals surface area contributed by atoms with Gasteiger partial charge in [-0.05, 0) is 41.3 Å². The van der Waals surface area contributed by atoms with E-state index in [0.717, 1.165) is 17.1 Å². The first-order valence-corrected chi connectivity index (χ1v) is 11.5. The second kappa shape index (κ2) is 10.1. The Kier molecular flexibility index (Phi) is 6.77. The predicted molar refractivity (Wildman–Crippen MR) is 124 cm³/mol. The van der Waals surface area contributed by atoms with E-state index in [4.69, 9.17) is 5.26 Å². The van der Waals surface area contributed by atoms with E-state index in [1.807, 2.05) is 58.5 Å². The lowest BCUT2D eigenvalue weighted by molar-refractivity contribution is -0.113. The molecule has 1 amide bonds. The number of hydrogen-bond donors (Lipinski definition) is 1. The van der Waals surface area contributed by atoms with Crippen molar-refractivity contribution in [2.24, 2.45) is 0 Å². The largest absolute Gasteiger partial charge is 0.325 e. The van der Waals surface area contributed by atoms with Gasteiger partial charge in [0.05, 0.1) is 18.2 Å². The van der Waals surface area contributed by atoms with Crippen LogP contribution in [0.25, 0.3) is 5.69 Å². The van der Waals surface area contributed by atoms with Crippen molar-refractivity contribution in [3.63, 3.8) is 0 Å². The first kappa shape index (κ1) is 20.8. The summed E-state index contributed by atoms with van der Waals surface area (Å²) in [6, 6.07) is 23.4. The summed E-state index contributed by atoms with van der Waals surface area (Å²) in [5, 5.41) is 23.1. The summed E-state index contributed by atoms with van der Waals surface area (Å²) in [4.78, 5) is 13.7. The molecule has 31 heavy (non-hydrogen) atoms. The summed E-state index contributed by atoms with van der Waals surface area (Å²) in [7, 11) is 0. The normalized spacial score (nSPS) is 10.5. The van der Waals surface area contributed by atoms with Crippen LogP contribution < -0.4 is 5.32 Å². The average Bonchev–Trinajstić information content (AvgIpc) is 3.45. The van der Waals surface area contributed by atoms with Crippen LogP contribution in [-0.4, -0.2) is 26.4 Å². The number of benzene rings is 2. The highest BCUT2D eigenvalue weighted by Gasteiger charge is 2.16. The molecule has 0 aliphatic carbocycles. The van der Waals surface area contributed by atoms with E-state index >= 15 is 0 Å². The van der Waals surface area contributed by atoms with Crippen molar-refractivity contribution in [3.8, 4) is 11.8 Å². The van der Waals surface area contributed by atoms with Gasteiger partial charge in [-0.1, -0.05) is 48.2 Å². The van der Waals surface area contributed by atoms with Gasteiger partial charge in [0.25, 0.3) is 0 Å². The molecule has 4 rings (SSSR count). The summed E-state index contributed by atoms with van der Waals surface area (Å²) in [5.74, 6) is 0.925. The fraction of sp³-hybridized carbons (Fsp3) is 0.130. The first-order chi connectivity index (χ1) is 15.2. The lowest BCUT2D eigenvalue weighted by Gasteiger charge is -2.10. The summed E-state index contributed by atoms with van der Waals surface area (Å²) < 4.78 is 2.01. The number of thioether (sulfide) groups is 1. The molecule has 0 bridgehead atoms. The third-order valence-electron chi connectivity index (χ3n) is 4.48. The molecular formula is C23H19N5OS2. The van der Waals surface area contributed by atoms with Crippen molar-refractivity contribution >= 4 is 34.7 Å². The zero-order valence-electron chi connectivity index (χ0n) is 16.6. The minimum absolute atomic E-state index is 0.125. The van der Waals surface area contributed by atoms with E-state index in [0.29, 0.717) is 23.7 Å². The Labute approximate surface area is 188 Å². The quantitative estimate of drug-likeness (QED) is 0.397. The Morgan fingerprint density at radius 1 is 1.06 bits per heavy atom. The van der Waals surface area contributed by atoms with Crippen molar-refractivity contribution < 1.29 is 4.79 Å². The number of nitriles is 1. The van der Waals surface area contributed by atoms with Crippen LogP contribution in [-0.2, 0) is 17.6 Å². The average molecular weight is 446 g/mol. The Hall–Kier alpha value is -3.41. The van der Waals surface area contributed by atoms with Crippen LogP contribution in [0.5, 0.6) is 0 Å². The molecule has 2 aromatic heterocycles. The second-order valence-electron chi connectivity index (χ2n) is 6.69. The number of rotatable bonds is 8. The highest BCUT2D eigenvalue weighted by Crippen LogP contribution is 2.24. The van der Waals surface area contributed by atoms with Gasteiger partial charge in [-0.25, -0.2) is 0 Å². The Balaban J connectivity index is 1.47. The number of hydrogen-bond acceptors (Lipinski definition) is 6. The van der Waals surface area contributed by atoms with Crippen LogP contribution in [0, 0.1) is 11.3 Å². The number of carbonyl (C=O) groups excluding carboxylic acids is 1. The van der Waals surface area contributed by atoms with Crippen LogP contribution in [0.1, 0.15) is 16.3 Å². The number of nitrogens with one attached hydrogen (secondary N) is 1. The van der Waals surface area contributed by atoms with Gasteiger partial charge < -0.3 is 5.32 Å². The summed E-state index contributed by atoms with van der Waals surface area (Å²) in [5.41, 5.74) is 2.59. The molecule has 0 radical (unpaired) electrons. The van der Waals surface area contributed by atoms with Crippen LogP contribution in [0.3, 0.4) is 0 Å². The van der Waals surface area contributed by atoms with E-state index in [-0.39, 0.29) is 11.7 Å². The van der Waals surface area contributed by atoms with Crippen LogP contribution >= 0.6 is 23.1 Å². The van der Waals surface area contributed by atoms with Crippen molar-refractivity contribution in [2.75, 3.05) is 11.1 Å². The van der Waals surface area contributed by atoms with Gasteiger partial charge in [0.15, 0.2) is 5.16 Å². The van der Waals surface area contributed by atoms with Gasteiger partial charge in [-0.2, -0.15) is 5.26 Å². The van der Waals surface area contributed by atoms with Crippen molar-refractivity contribution in [1.29, 1.82) is 5.26 Å². The Morgan fingerprint density at radius 2 is 1.87 bits per heavy atom. The number of thiophene rings is 1. The zero-order chi connectivity index (χ0) is 21.5. The highest BCUT2D eigenvalue weighted by atomic mass is 32.2. The van der Waals surface area contributed by atoms with Gasteiger partial charge in [-0.3, -0.25) is 9.36 Å². The van der Waals surface area contributed by atoms with E-state index in [1.54, 1.807) is 23.5 Å². The van der Waals surface area contributed by atoms with Crippen molar-refractivity contribution in [3.05, 3.63) is 88.4 Å². The minimum Gasteiger partial charge on any atom is -0.325 e. The molecule has 0 aliphatic rings. The van der Waals surface area contributed by atoms with E-state index in [9.17, 15) is 4.79 Å². The van der Waals surface area contributed by atoms with Gasteiger partial charge in [0, 0.05) is 22.7 Å². The fourth-order valence-corrected chi connectivity index (χ4v) is 4.51. The molecule has 6 nitrogen and oxygen atoms in total. The monoisotopic (exact) mass is 445 g/mol. The van der Waals surface area contributed by atoms with E-state index in [1.165, 1.54) is 16.6 Å². The molecule has 0 aliphatic heterocycles. The molecular weight excluding hydrogens is 426 g/mol. The molecule has 0 fully saturated rings. The topological polar surface area (TPSA) is 83.6 Å². The maximum absolute atomic E-state index is 12.5. The molecule has 2 aromatic carbocycles. The Morgan fingerprint density at radius 3 is 2.58 bits per heavy atom. The molecule has 2 heterocycles. The first-order valence-electron chi connectivity index (χ1n) is 9.63. The number of amides is 1. The zero-order valence-corrected chi connectivity index (χ0v) is 18.2. The van der Waals surface area contributed by atoms with Gasteiger partial charge in [0.1, 0.15) is 5.82 Å². The van der Waals surface area contributed by atoms with Gasteiger partial charge in [-0.15, -0.1) is 21.5 Å². The Bertz CT molecular complexity index is 1180. The second-order valence-corrected chi connectivity index (χ2v) is 8.67. The number of para-hydroxylation sites is 1. The standard InChI is InChI=1S/C23H19N5OS2/c24-13-12-17-8-10-18(11-9-17)25-22(29)16-31-23-27-26-21(15-20-7-4-14-30-20)28(23)19-5-2-1-3-6-19/h1-11,14H,12,15-16H2,(H,25,29). The predicted octanol–water partition coefficient (Wildman–Crippen LogP) is 4.72. The van der Waals surface area contributed by atoms with Crippen LogP contribution in [0.15, 0.2) is 77.3 Å². The number of anilines is 1. The maximum Gasteiger partial charge on any atom is 0.234 e. The number of nitrogens with zero attached hydrogens (tertiary/aromatic N) is 4. The molecule has 0 unspecified atom stereocenters. The van der Waals surface area contributed by atoms with E-state index in [2.05, 4.69) is 27.6 Å². The molecule has 0 spiro atoms. The lowest BCUT2D eigenvalue weighted by atomic mass is 10.1. The molecule has 154 valence electrons. The molecule has 0 saturated carbocycles. The summed E-state index contributed by atoms with van der Waals surface area (Å²) >= 11 is 3.04. The molecule has 1 N–H and O–H groups in total. The maximum atomic E-state index is 12.5. The van der Waals surface area contributed by atoms with Crippen molar-refractivity contribution in [1.82, 2.24) is 14.8 Å². The van der Waals surface area contributed by atoms with Crippen molar-refractivity contribution in [2.45, 2.75) is 18.0 Å².